The molecule has 1 saturated carbocycles. The third kappa shape index (κ3) is 2.92. The minimum atomic E-state index is -0.734. The van der Waals surface area contributed by atoms with Crippen LogP contribution in [0.1, 0.15) is 40.0 Å². The number of hydrogen-bond donors (Lipinski definition) is 2. The fourth-order valence-electron chi connectivity index (χ4n) is 2.84. The number of carboxylic acid groups (broad SMARTS) is 1. The molecule has 1 aliphatic carbocycles. The summed E-state index contributed by atoms with van der Waals surface area (Å²) in [6.45, 7) is 9.51. The number of carbonyl (C=O) groups excluding carboxylic acids is 1. The molecule has 1 fully saturated rings. The quantitative estimate of drug-likeness (QED) is 0.755. The number of rotatable bonds is 4. The van der Waals surface area contributed by atoms with Crippen molar-refractivity contribution in [2.45, 2.75) is 46.1 Å². The maximum atomic E-state index is 11.6. The topological polar surface area (TPSA) is 66.4 Å². The van der Waals surface area contributed by atoms with Gasteiger partial charge < -0.3 is 10.4 Å². The zero-order chi connectivity index (χ0) is 13.9. The normalized spacial score (nSPS) is 30.5. The highest BCUT2D eigenvalue weighted by Gasteiger charge is 2.46. The third-order valence-electron chi connectivity index (χ3n) is 4.42. The molecule has 1 amide bonds. The number of nitrogens with one attached hydrogen (secondary N) is 1. The van der Waals surface area contributed by atoms with Crippen molar-refractivity contribution in [1.82, 2.24) is 5.32 Å². The second kappa shape index (κ2) is 5.55. The molecule has 4 nitrogen and oxygen atoms in total. The molecule has 1 aliphatic rings. The van der Waals surface area contributed by atoms with Crippen molar-refractivity contribution < 1.29 is 14.7 Å². The number of aliphatic carboxylic acids is 1. The summed E-state index contributed by atoms with van der Waals surface area (Å²) in [5.41, 5.74) is -0.309. The Morgan fingerprint density at radius 3 is 2.56 bits per heavy atom. The Kier molecular flexibility index (Phi) is 4.54. The van der Waals surface area contributed by atoms with Gasteiger partial charge in [-0.05, 0) is 24.2 Å². The van der Waals surface area contributed by atoms with Crippen LogP contribution in [0, 0.1) is 17.3 Å². The highest BCUT2D eigenvalue weighted by atomic mass is 16.4. The van der Waals surface area contributed by atoms with Gasteiger partial charge in [0.2, 0.25) is 5.91 Å². The molecule has 2 N–H and O–H groups in total. The molecule has 0 aliphatic heterocycles. The zero-order valence-corrected chi connectivity index (χ0v) is 11.4. The summed E-state index contributed by atoms with van der Waals surface area (Å²) in [4.78, 5) is 22.8. The van der Waals surface area contributed by atoms with E-state index in [0.717, 1.165) is 6.42 Å². The summed E-state index contributed by atoms with van der Waals surface area (Å²) in [6.07, 6.45) is 3.23. The van der Waals surface area contributed by atoms with Gasteiger partial charge >= 0.3 is 5.97 Å². The average Bonchev–Trinajstić information content (AvgIpc) is 2.24. The lowest BCUT2D eigenvalue weighted by atomic mass is 9.61. The van der Waals surface area contributed by atoms with Gasteiger partial charge in [-0.15, -0.1) is 6.58 Å². The monoisotopic (exact) mass is 253 g/mol. The lowest BCUT2D eigenvalue weighted by Gasteiger charge is -2.46. The largest absolute Gasteiger partial charge is 0.481 e. The molecule has 3 unspecified atom stereocenters. The van der Waals surface area contributed by atoms with Gasteiger partial charge in [0.05, 0.1) is 5.92 Å². The van der Waals surface area contributed by atoms with Gasteiger partial charge in [-0.3, -0.25) is 9.59 Å². The lowest BCUT2D eigenvalue weighted by molar-refractivity contribution is -0.150. The van der Waals surface area contributed by atoms with E-state index in [4.69, 9.17) is 0 Å². The second-order valence-electron chi connectivity index (χ2n) is 5.75. The van der Waals surface area contributed by atoms with Crippen molar-refractivity contribution in [3.05, 3.63) is 12.7 Å². The minimum Gasteiger partial charge on any atom is -0.481 e. The Morgan fingerprint density at radius 1 is 1.44 bits per heavy atom. The molecule has 0 aromatic rings. The first kappa shape index (κ1) is 14.7. The van der Waals surface area contributed by atoms with Crippen LogP contribution >= 0.6 is 0 Å². The number of carboxylic acids is 1. The van der Waals surface area contributed by atoms with Crippen molar-refractivity contribution in [3.63, 3.8) is 0 Å². The summed E-state index contributed by atoms with van der Waals surface area (Å²) in [5.74, 6) is -0.963. The molecule has 4 heteroatoms. The summed E-state index contributed by atoms with van der Waals surface area (Å²) in [5, 5.41) is 12.2. The molecule has 0 bridgehead atoms. The Hall–Kier alpha value is -1.32. The van der Waals surface area contributed by atoms with Crippen LogP contribution in [0.15, 0.2) is 12.7 Å². The summed E-state index contributed by atoms with van der Waals surface area (Å²) >= 11 is 0. The molecule has 18 heavy (non-hydrogen) atoms. The maximum absolute atomic E-state index is 11.6. The van der Waals surface area contributed by atoms with Crippen LogP contribution in [0.3, 0.4) is 0 Å². The van der Waals surface area contributed by atoms with E-state index in [9.17, 15) is 14.7 Å². The number of carbonyl (C=O) groups is 2. The molecule has 1 rings (SSSR count). The fraction of sp³-hybridized carbons (Fsp3) is 0.714. The van der Waals surface area contributed by atoms with Gasteiger partial charge in [-0.1, -0.05) is 26.8 Å². The van der Waals surface area contributed by atoms with Crippen LogP contribution in [-0.4, -0.2) is 23.0 Å². The Balaban J connectivity index is 2.74. The molecule has 0 spiro atoms. The standard InChI is InChI=1S/C14H23NO3/c1-5-6-12(16)15-11-8-7-10(13(17)18)14(3,4)9(11)2/h5,9-11H,1,6-8H2,2-4H3,(H,15,16)(H,17,18). The third-order valence-corrected chi connectivity index (χ3v) is 4.42. The van der Waals surface area contributed by atoms with Crippen molar-refractivity contribution in [2.24, 2.45) is 17.3 Å². The predicted octanol–water partition coefficient (Wildman–Crippen LogP) is 2.20. The van der Waals surface area contributed by atoms with E-state index in [2.05, 4.69) is 11.9 Å². The van der Waals surface area contributed by atoms with Gasteiger partial charge in [-0.25, -0.2) is 0 Å². The van der Waals surface area contributed by atoms with Crippen molar-refractivity contribution in [2.75, 3.05) is 0 Å². The summed E-state index contributed by atoms with van der Waals surface area (Å²) in [6, 6.07) is 0.0584. The zero-order valence-electron chi connectivity index (χ0n) is 11.4. The Labute approximate surface area is 108 Å². The van der Waals surface area contributed by atoms with Crippen molar-refractivity contribution in [3.8, 4) is 0 Å². The first-order chi connectivity index (χ1) is 8.30. The van der Waals surface area contributed by atoms with Crippen LogP contribution in [0.2, 0.25) is 0 Å². The maximum Gasteiger partial charge on any atom is 0.307 e. The summed E-state index contributed by atoms with van der Waals surface area (Å²) in [7, 11) is 0. The van der Waals surface area contributed by atoms with Gasteiger partial charge in [-0.2, -0.15) is 0 Å². The van der Waals surface area contributed by atoms with E-state index in [-0.39, 0.29) is 29.2 Å². The van der Waals surface area contributed by atoms with Crippen LogP contribution in [-0.2, 0) is 9.59 Å². The van der Waals surface area contributed by atoms with E-state index in [1.807, 2.05) is 20.8 Å². The van der Waals surface area contributed by atoms with Crippen molar-refractivity contribution in [1.29, 1.82) is 0 Å². The molecule has 0 aromatic heterocycles. The van der Waals surface area contributed by atoms with E-state index in [1.165, 1.54) is 0 Å². The minimum absolute atomic E-state index is 0.0357. The molecule has 102 valence electrons. The number of hydrogen-bond acceptors (Lipinski definition) is 2. The Morgan fingerprint density at radius 2 is 2.06 bits per heavy atom. The van der Waals surface area contributed by atoms with Gasteiger partial charge in [0.1, 0.15) is 0 Å². The van der Waals surface area contributed by atoms with Crippen molar-refractivity contribution >= 4 is 11.9 Å². The Bertz CT molecular complexity index is 349. The van der Waals surface area contributed by atoms with Gasteiger partial charge in [0.25, 0.3) is 0 Å². The molecular weight excluding hydrogens is 230 g/mol. The smallest absolute Gasteiger partial charge is 0.307 e. The SMILES string of the molecule is C=CCC(=O)NC1CCC(C(=O)O)C(C)(C)C1C. The van der Waals surface area contributed by atoms with Crippen LogP contribution < -0.4 is 5.32 Å². The van der Waals surface area contributed by atoms with E-state index < -0.39 is 5.97 Å². The number of amides is 1. The van der Waals surface area contributed by atoms with Crippen LogP contribution in [0.4, 0.5) is 0 Å². The molecule has 3 atom stereocenters. The van der Waals surface area contributed by atoms with Gasteiger partial charge in [0.15, 0.2) is 0 Å². The molecule has 0 aromatic carbocycles. The fourth-order valence-corrected chi connectivity index (χ4v) is 2.84. The van der Waals surface area contributed by atoms with Crippen LogP contribution in [0.5, 0.6) is 0 Å². The predicted molar refractivity (Wildman–Crippen MR) is 70.0 cm³/mol. The average molecular weight is 253 g/mol. The van der Waals surface area contributed by atoms with E-state index >= 15 is 0 Å². The van der Waals surface area contributed by atoms with E-state index in [0.29, 0.717) is 12.8 Å². The first-order valence-corrected chi connectivity index (χ1v) is 6.43. The van der Waals surface area contributed by atoms with Gasteiger partial charge in [0, 0.05) is 12.5 Å². The molecular formula is C14H23NO3. The highest BCUT2D eigenvalue weighted by molar-refractivity contribution is 5.77. The summed E-state index contributed by atoms with van der Waals surface area (Å²) < 4.78 is 0. The highest BCUT2D eigenvalue weighted by Crippen LogP contribution is 2.45. The lowest BCUT2D eigenvalue weighted by Crippen LogP contribution is -2.52. The second-order valence-corrected chi connectivity index (χ2v) is 5.75. The first-order valence-electron chi connectivity index (χ1n) is 6.43. The molecule has 0 heterocycles. The molecule has 0 radical (unpaired) electrons. The van der Waals surface area contributed by atoms with E-state index in [1.54, 1.807) is 6.08 Å². The van der Waals surface area contributed by atoms with Crippen LogP contribution in [0.25, 0.3) is 0 Å². The molecule has 0 saturated heterocycles.